The summed E-state index contributed by atoms with van der Waals surface area (Å²) in [6.45, 7) is 7.52. The van der Waals surface area contributed by atoms with E-state index in [0.29, 0.717) is 23.6 Å². The van der Waals surface area contributed by atoms with Crippen LogP contribution in [0.15, 0.2) is 0 Å². The zero-order valence-electron chi connectivity index (χ0n) is 12.6. The third-order valence-corrected chi connectivity index (χ3v) is 7.05. The van der Waals surface area contributed by atoms with Crippen LogP contribution in [0.1, 0.15) is 54.2 Å². The van der Waals surface area contributed by atoms with Gasteiger partial charge >= 0.3 is 0 Å². The van der Waals surface area contributed by atoms with Crippen molar-refractivity contribution in [2.45, 2.75) is 64.6 Å². The van der Waals surface area contributed by atoms with Crippen LogP contribution >= 0.6 is 11.3 Å². The highest BCUT2D eigenvalue weighted by atomic mass is 32.1. The fourth-order valence-corrected chi connectivity index (χ4v) is 5.73. The number of ether oxygens (including phenoxy) is 1. The van der Waals surface area contributed by atoms with Crippen LogP contribution in [0.5, 0.6) is 0 Å². The topological polar surface area (TPSA) is 34.2 Å². The van der Waals surface area contributed by atoms with Crippen molar-refractivity contribution < 1.29 is 4.74 Å². The fourth-order valence-electron chi connectivity index (χ4n) is 4.79. The summed E-state index contributed by atoms with van der Waals surface area (Å²) in [4.78, 5) is 5.99. The van der Waals surface area contributed by atoms with E-state index in [0.717, 1.165) is 12.5 Å². The fraction of sp³-hybridized carbons (Fsp3) is 0.812. The molecule has 1 saturated heterocycles. The quantitative estimate of drug-likeness (QED) is 0.927. The average Bonchev–Trinajstić information content (AvgIpc) is 2.89. The van der Waals surface area contributed by atoms with Crippen molar-refractivity contribution in [3.63, 3.8) is 0 Å². The molecule has 1 spiro atoms. The molecule has 2 heterocycles. The standard InChI is InChI=1S/C16H24N2OS/c1-9-13(20-11(3)17-9)10(2)18-14-12-5-8-19-15(12)16(14)6-4-7-16/h10,12,14-15,18H,4-8H2,1-3H3/t10-,12-,14+,15-/m0/s1. The second kappa shape index (κ2) is 4.52. The number of aromatic nitrogens is 1. The van der Waals surface area contributed by atoms with Crippen LogP contribution in [0, 0.1) is 25.2 Å². The van der Waals surface area contributed by atoms with Crippen LogP contribution in [0.2, 0.25) is 0 Å². The van der Waals surface area contributed by atoms with Crippen molar-refractivity contribution in [3.8, 4) is 0 Å². The molecule has 2 aliphatic carbocycles. The Hall–Kier alpha value is -0.450. The molecule has 1 N–H and O–H groups in total. The maximum Gasteiger partial charge on any atom is 0.0900 e. The van der Waals surface area contributed by atoms with Gasteiger partial charge in [0.2, 0.25) is 0 Å². The van der Waals surface area contributed by atoms with Gasteiger partial charge in [0, 0.05) is 34.9 Å². The van der Waals surface area contributed by atoms with E-state index < -0.39 is 0 Å². The van der Waals surface area contributed by atoms with Gasteiger partial charge in [-0.1, -0.05) is 6.42 Å². The second-order valence-electron chi connectivity index (χ2n) is 6.88. The van der Waals surface area contributed by atoms with E-state index in [4.69, 9.17) is 4.74 Å². The molecular formula is C16H24N2OS. The summed E-state index contributed by atoms with van der Waals surface area (Å²) in [5.41, 5.74) is 1.68. The first-order valence-corrected chi connectivity index (χ1v) is 8.75. The number of nitrogens with one attached hydrogen (secondary N) is 1. The number of nitrogens with zero attached hydrogens (tertiary/aromatic N) is 1. The highest BCUT2D eigenvalue weighted by Gasteiger charge is 2.66. The van der Waals surface area contributed by atoms with E-state index in [1.54, 1.807) is 0 Å². The lowest BCUT2D eigenvalue weighted by Crippen LogP contribution is -2.71. The van der Waals surface area contributed by atoms with Crippen LogP contribution in [-0.2, 0) is 4.74 Å². The summed E-state index contributed by atoms with van der Waals surface area (Å²) < 4.78 is 6.01. The third kappa shape index (κ3) is 1.68. The molecule has 1 aliphatic heterocycles. The number of hydrogen-bond donors (Lipinski definition) is 1. The molecule has 0 unspecified atom stereocenters. The molecular weight excluding hydrogens is 268 g/mol. The third-order valence-electron chi connectivity index (χ3n) is 5.80. The SMILES string of the molecule is Cc1nc(C)c([C@H](C)N[C@@H]2[C@@H]3CCO[C@@H]3C23CCC3)s1. The largest absolute Gasteiger partial charge is 0.377 e. The highest BCUT2D eigenvalue weighted by Crippen LogP contribution is 2.63. The van der Waals surface area contributed by atoms with Crippen LogP contribution in [0.25, 0.3) is 0 Å². The summed E-state index contributed by atoms with van der Waals surface area (Å²) in [6.07, 6.45) is 5.92. The van der Waals surface area contributed by atoms with Crippen molar-refractivity contribution in [1.29, 1.82) is 0 Å². The lowest BCUT2D eigenvalue weighted by molar-refractivity contribution is -0.178. The maximum absolute atomic E-state index is 6.01. The summed E-state index contributed by atoms with van der Waals surface area (Å²) in [5, 5.41) is 5.12. The van der Waals surface area contributed by atoms with Gasteiger partial charge in [0.05, 0.1) is 16.8 Å². The van der Waals surface area contributed by atoms with Gasteiger partial charge in [-0.2, -0.15) is 0 Å². The van der Waals surface area contributed by atoms with Crippen LogP contribution in [0.3, 0.4) is 0 Å². The number of hydrogen-bond acceptors (Lipinski definition) is 4. The molecule has 1 aromatic rings. The highest BCUT2D eigenvalue weighted by molar-refractivity contribution is 7.11. The van der Waals surface area contributed by atoms with E-state index in [1.165, 1.54) is 41.3 Å². The predicted molar refractivity (Wildman–Crippen MR) is 81.1 cm³/mol. The van der Waals surface area contributed by atoms with Crippen molar-refractivity contribution in [2.75, 3.05) is 6.61 Å². The Labute approximate surface area is 125 Å². The van der Waals surface area contributed by atoms with Crippen molar-refractivity contribution in [3.05, 3.63) is 15.6 Å². The van der Waals surface area contributed by atoms with Gasteiger partial charge in [-0.25, -0.2) is 4.98 Å². The van der Waals surface area contributed by atoms with Crippen LogP contribution in [-0.4, -0.2) is 23.7 Å². The summed E-state index contributed by atoms with van der Waals surface area (Å²) >= 11 is 1.85. The number of fused-ring (bicyclic) bond motifs is 2. The van der Waals surface area contributed by atoms with E-state index in [-0.39, 0.29) is 0 Å². The summed E-state index contributed by atoms with van der Waals surface area (Å²) in [7, 11) is 0. The maximum atomic E-state index is 6.01. The Morgan fingerprint density at radius 1 is 1.40 bits per heavy atom. The predicted octanol–water partition coefficient (Wildman–Crippen LogP) is 3.37. The van der Waals surface area contributed by atoms with E-state index in [1.807, 2.05) is 11.3 Å². The average molecular weight is 292 g/mol. The van der Waals surface area contributed by atoms with Gasteiger partial charge in [-0.3, -0.25) is 0 Å². The molecule has 3 nitrogen and oxygen atoms in total. The second-order valence-corrected chi connectivity index (χ2v) is 8.11. The first-order valence-electron chi connectivity index (χ1n) is 7.93. The normalized spacial score (nSPS) is 35.5. The minimum absolute atomic E-state index is 0.422. The molecule has 0 amide bonds. The minimum Gasteiger partial charge on any atom is -0.377 e. The van der Waals surface area contributed by atoms with Crippen LogP contribution in [0.4, 0.5) is 0 Å². The molecule has 110 valence electrons. The summed E-state index contributed by atoms with van der Waals surface area (Å²) in [6, 6.07) is 1.09. The number of thiazole rings is 1. The molecule has 4 rings (SSSR count). The van der Waals surface area contributed by atoms with Gasteiger partial charge in [-0.05, 0) is 40.0 Å². The van der Waals surface area contributed by atoms with E-state index in [2.05, 4.69) is 31.1 Å². The zero-order valence-corrected chi connectivity index (χ0v) is 13.4. The molecule has 3 fully saturated rings. The Kier molecular flexibility index (Phi) is 2.99. The smallest absolute Gasteiger partial charge is 0.0900 e. The molecule has 3 aliphatic rings. The monoisotopic (exact) mass is 292 g/mol. The van der Waals surface area contributed by atoms with Crippen LogP contribution < -0.4 is 5.32 Å². The van der Waals surface area contributed by atoms with Gasteiger partial charge in [0.15, 0.2) is 0 Å². The number of rotatable bonds is 3. The van der Waals surface area contributed by atoms with Crippen molar-refractivity contribution >= 4 is 11.3 Å². The minimum atomic E-state index is 0.422. The first kappa shape index (κ1) is 13.2. The molecule has 0 radical (unpaired) electrons. The van der Waals surface area contributed by atoms with Gasteiger partial charge in [0.1, 0.15) is 0 Å². The Morgan fingerprint density at radius 2 is 2.20 bits per heavy atom. The molecule has 1 aromatic heterocycles. The molecule has 0 bridgehead atoms. The van der Waals surface area contributed by atoms with Gasteiger partial charge in [-0.15, -0.1) is 11.3 Å². The molecule has 4 heteroatoms. The molecule has 4 atom stereocenters. The first-order chi connectivity index (χ1) is 9.62. The number of aryl methyl sites for hydroxylation is 2. The zero-order chi connectivity index (χ0) is 13.9. The lowest BCUT2D eigenvalue weighted by atomic mass is 9.46. The molecule has 2 saturated carbocycles. The Bertz CT molecular complexity index is 523. The van der Waals surface area contributed by atoms with E-state index in [9.17, 15) is 0 Å². The lowest BCUT2D eigenvalue weighted by Gasteiger charge is -2.64. The van der Waals surface area contributed by atoms with E-state index >= 15 is 0 Å². The molecule has 20 heavy (non-hydrogen) atoms. The Morgan fingerprint density at radius 3 is 2.80 bits per heavy atom. The Balaban J connectivity index is 1.52. The molecule has 0 aromatic carbocycles. The van der Waals surface area contributed by atoms with Gasteiger partial charge < -0.3 is 10.1 Å². The van der Waals surface area contributed by atoms with Crippen molar-refractivity contribution in [1.82, 2.24) is 10.3 Å². The van der Waals surface area contributed by atoms with Gasteiger partial charge in [0.25, 0.3) is 0 Å². The van der Waals surface area contributed by atoms with Crippen molar-refractivity contribution in [2.24, 2.45) is 11.3 Å². The summed E-state index contributed by atoms with van der Waals surface area (Å²) in [5.74, 6) is 0.757.